The van der Waals surface area contributed by atoms with Crippen molar-refractivity contribution in [1.29, 1.82) is 0 Å². The van der Waals surface area contributed by atoms with Gasteiger partial charge in [0.1, 0.15) is 5.75 Å². The summed E-state index contributed by atoms with van der Waals surface area (Å²) in [7, 11) is 0. The topological polar surface area (TPSA) is 116 Å². The molecule has 2 amide bonds. The third kappa shape index (κ3) is 3.55. The minimum Gasteiger partial charge on any atom is -0.480 e. The Bertz CT molecular complexity index is 804. The third-order valence-corrected chi connectivity index (χ3v) is 4.53. The summed E-state index contributed by atoms with van der Waals surface area (Å²) < 4.78 is 5.73. The molecule has 8 heteroatoms. The number of amides is 2. The Hall–Kier alpha value is -2.87. The van der Waals surface area contributed by atoms with Gasteiger partial charge in [-0.1, -0.05) is 25.1 Å². The highest BCUT2D eigenvalue weighted by Gasteiger charge is 2.36. The Kier molecular flexibility index (Phi) is 5.22. The van der Waals surface area contributed by atoms with E-state index in [1.165, 1.54) is 6.20 Å². The number of carbonyl (C=O) groups is 2. The van der Waals surface area contributed by atoms with Gasteiger partial charge in [0.05, 0.1) is 24.4 Å². The molecule has 0 bridgehead atoms. The smallest absolute Gasteiger partial charge is 0.261 e. The van der Waals surface area contributed by atoms with E-state index in [0.29, 0.717) is 17.0 Å². The van der Waals surface area contributed by atoms with Crippen LogP contribution in [-0.2, 0) is 4.79 Å². The summed E-state index contributed by atoms with van der Waals surface area (Å²) in [5.41, 5.74) is 2.03. The highest BCUT2D eigenvalue weighted by Crippen LogP contribution is 2.37. The number of nitrogens with zero attached hydrogens (tertiary/aromatic N) is 1. The zero-order valence-electron chi connectivity index (χ0n) is 14.7. The number of aliphatic hydroxyl groups is 1. The Labute approximate surface area is 150 Å². The molecule has 1 aliphatic rings. The molecular formula is C18H22N4O4. The van der Waals surface area contributed by atoms with Gasteiger partial charge in [-0.3, -0.25) is 14.7 Å². The molecule has 2 aromatic rings. The predicted molar refractivity (Wildman–Crippen MR) is 93.9 cm³/mol. The van der Waals surface area contributed by atoms with Gasteiger partial charge in [0.15, 0.2) is 6.10 Å². The number of aliphatic hydroxyl groups excluding tert-OH is 1. The van der Waals surface area contributed by atoms with Crippen molar-refractivity contribution in [2.75, 3.05) is 13.2 Å². The number of aromatic nitrogens is 2. The summed E-state index contributed by atoms with van der Waals surface area (Å²) in [6.45, 7) is 3.46. The second kappa shape index (κ2) is 7.57. The molecule has 0 fully saturated rings. The van der Waals surface area contributed by atoms with Crippen molar-refractivity contribution in [3.8, 4) is 5.75 Å². The number of H-pyrrole nitrogens is 1. The van der Waals surface area contributed by atoms with E-state index in [1.54, 1.807) is 6.92 Å². The molecular weight excluding hydrogens is 336 g/mol. The van der Waals surface area contributed by atoms with Crippen LogP contribution in [0.4, 0.5) is 0 Å². The molecule has 4 N–H and O–H groups in total. The van der Waals surface area contributed by atoms with Gasteiger partial charge in [-0.15, -0.1) is 0 Å². The van der Waals surface area contributed by atoms with Gasteiger partial charge in [-0.05, 0) is 13.0 Å². The molecule has 0 unspecified atom stereocenters. The van der Waals surface area contributed by atoms with Crippen molar-refractivity contribution >= 4 is 11.8 Å². The third-order valence-electron chi connectivity index (χ3n) is 4.53. The Morgan fingerprint density at radius 3 is 2.81 bits per heavy atom. The number of hydrogen-bond donors (Lipinski definition) is 4. The van der Waals surface area contributed by atoms with Crippen LogP contribution in [0.5, 0.6) is 5.75 Å². The van der Waals surface area contributed by atoms with Crippen molar-refractivity contribution in [2.24, 2.45) is 0 Å². The van der Waals surface area contributed by atoms with Crippen molar-refractivity contribution in [3.05, 3.63) is 47.3 Å². The number of para-hydroxylation sites is 1. The van der Waals surface area contributed by atoms with E-state index >= 15 is 0 Å². The lowest BCUT2D eigenvalue weighted by Crippen LogP contribution is -2.49. The minimum atomic E-state index is -0.626. The van der Waals surface area contributed by atoms with Gasteiger partial charge < -0.3 is 20.5 Å². The van der Waals surface area contributed by atoms with Crippen molar-refractivity contribution in [3.63, 3.8) is 0 Å². The van der Waals surface area contributed by atoms with Crippen LogP contribution in [0.2, 0.25) is 0 Å². The van der Waals surface area contributed by atoms with Crippen molar-refractivity contribution in [1.82, 2.24) is 20.8 Å². The zero-order chi connectivity index (χ0) is 18.7. The average molecular weight is 358 g/mol. The summed E-state index contributed by atoms with van der Waals surface area (Å²) >= 11 is 0. The number of aryl methyl sites for hydroxylation is 1. The predicted octanol–water partition coefficient (Wildman–Crippen LogP) is 0.490. The molecule has 2 heterocycles. The molecule has 3 atom stereocenters. The summed E-state index contributed by atoms with van der Waals surface area (Å²) in [6.07, 6.45) is 0.793. The van der Waals surface area contributed by atoms with Crippen LogP contribution in [0.3, 0.4) is 0 Å². The van der Waals surface area contributed by atoms with E-state index in [2.05, 4.69) is 20.8 Å². The van der Waals surface area contributed by atoms with E-state index in [9.17, 15) is 14.7 Å². The number of benzene rings is 1. The monoisotopic (exact) mass is 358 g/mol. The zero-order valence-corrected chi connectivity index (χ0v) is 14.7. The second-order valence-corrected chi connectivity index (χ2v) is 6.37. The first-order chi connectivity index (χ1) is 12.5. The van der Waals surface area contributed by atoms with E-state index in [4.69, 9.17) is 4.74 Å². The fraction of sp³-hybridized carbons (Fsp3) is 0.389. The van der Waals surface area contributed by atoms with Crippen LogP contribution in [0.25, 0.3) is 0 Å². The first-order valence-corrected chi connectivity index (χ1v) is 8.46. The molecule has 0 radical (unpaired) electrons. The van der Waals surface area contributed by atoms with Crippen molar-refractivity contribution in [2.45, 2.75) is 31.9 Å². The Morgan fingerprint density at radius 1 is 1.38 bits per heavy atom. The minimum absolute atomic E-state index is 0.0676. The lowest BCUT2D eigenvalue weighted by Gasteiger charge is -2.20. The van der Waals surface area contributed by atoms with Gasteiger partial charge in [0.2, 0.25) is 0 Å². The summed E-state index contributed by atoms with van der Waals surface area (Å²) in [6, 6.07) is 6.94. The van der Waals surface area contributed by atoms with Gasteiger partial charge >= 0.3 is 0 Å². The van der Waals surface area contributed by atoms with Crippen LogP contribution >= 0.6 is 0 Å². The molecule has 3 rings (SSSR count). The quantitative estimate of drug-likeness (QED) is 0.600. The number of aromatic amines is 1. The highest BCUT2D eigenvalue weighted by molar-refractivity contribution is 5.95. The second-order valence-electron chi connectivity index (χ2n) is 6.37. The molecule has 0 aliphatic carbocycles. The van der Waals surface area contributed by atoms with Crippen LogP contribution in [0.1, 0.15) is 34.5 Å². The molecule has 0 spiro atoms. The number of fused-ring (bicyclic) bond motifs is 1. The SMILES string of the molecule is Cc1[nH]ncc1C(=O)N[C@H](CO)CNC(=O)[C@@H]1Oc2ccccc2[C@@H]1C. The number of ether oxygens (including phenoxy) is 1. The van der Waals surface area contributed by atoms with Crippen LogP contribution in [-0.4, -0.2) is 52.4 Å². The van der Waals surface area contributed by atoms with E-state index in [-0.39, 0.29) is 30.9 Å². The lowest BCUT2D eigenvalue weighted by atomic mass is 9.97. The maximum Gasteiger partial charge on any atom is 0.261 e. The van der Waals surface area contributed by atoms with Crippen molar-refractivity contribution < 1.29 is 19.4 Å². The lowest BCUT2D eigenvalue weighted by molar-refractivity contribution is -0.128. The van der Waals surface area contributed by atoms with Crippen LogP contribution in [0, 0.1) is 6.92 Å². The highest BCUT2D eigenvalue weighted by atomic mass is 16.5. The number of carbonyl (C=O) groups excluding carboxylic acids is 2. The van der Waals surface area contributed by atoms with Gasteiger partial charge in [0, 0.05) is 23.7 Å². The maximum absolute atomic E-state index is 12.5. The number of hydrogen-bond acceptors (Lipinski definition) is 5. The number of nitrogens with one attached hydrogen (secondary N) is 3. The average Bonchev–Trinajstić information content (AvgIpc) is 3.22. The standard InChI is InChI=1S/C18H22N4O4/c1-10-13-5-3-4-6-15(13)26-16(10)18(25)19-7-12(9-23)21-17(24)14-8-20-22-11(14)2/h3-6,8,10,12,16,23H,7,9H2,1-2H3,(H,19,25)(H,20,22)(H,21,24)/t10-,12-,16+/m0/s1. The molecule has 1 aromatic carbocycles. The summed E-state index contributed by atoms with van der Waals surface area (Å²) in [5, 5.41) is 21.4. The summed E-state index contributed by atoms with van der Waals surface area (Å²) in [4.78, 5) is 24.6. The van der Waals surface area contributed by atoms with Gasteiger partial charge in [-0.2, -0.15) is 5.10 Å². The van der Waals surface area contributed by atoms with Gasteiger partial charge in [-0.25, -0.2) is 0 Å². The largest absolute Gasteiger partial charge is 0.480 e. The molecule has 0 saturated carbocycles. The first kappa shape index (κ1) is 17.9. The molecule has 26 heavy (non-hydrogen) atoms. The van der Waals surface area contributed by atoms with E-state index in [0.717, 1.165) is 5.56 Å². The van der Waals surface area contributed by atoms with Gasteiger partial charge in [0.25, 0.3) is 11.8 Å². The Balaban J connectivity index is 1.55. The molecule has 8 nitrogen and oxygen atoms in total. The Morgan fingerprint density at radius 2 is 2.15 bits per heavy atom. The van der Waals surface area contributed by atoms with Crippen LogP contribution < -0.4 is 15.4 Å². The van der Waals surface area contributed by atoms with E-state index in [1.807, 2.05) is 31.2 Å². The fourth-order valence-electron chi connectivity index (χ4n) is 2.97. The summed E-state index contributed by atoms with van der Waals surface area (Å²) in [5.74, 6) is 0.00729. The van der Waals surface area contributed by atoms with E-state index < -0.39 is 12.1 Å². The number of rotatable bonds is 6. The fourth-order valence-corrected chi connectivity index (χ4v) is 2.97. The normalized spacial score (nSPS) is 19.3. The molecule has 0 saturated heterocycles. The van der Waals surface area contributed by atoms with Crippen LogP contribution in [0.15, 0.2) is 30.5 Å². The molecule has 1 aliphatic heterocycles. The molecule has 138 valence electrons. The molecule has 1 aromatic heterocycles. The first-order valence-electron chi connectivity index (χ1n) is 8.46. The maximum atomic E-state index is 12.5.